The maximum Gasteiger partial charge on any atom is 0.387 e. The quantitative estimate of drug-likeness (QED) is 0.269. The first-order valence-corrected chi connectivity index (χ1v) is 9.69. The van der Waals surface area contributed by atoms with Crippen LogP contribution in [0, 0.1) is 0 Å². The van der Waals surface area contributed by atoms with E-state index in [9.17, 15) is 8.78 Å². The summed E-state index contributed by atoms with van der Waals surface area (Å²) in [6, 6.07) is 15.2. The van der Waals surface area contributed by atoms with Crippen LogP contribution in [0.15, 0.2) is 53.5 Å². The third kappa shape index (κ3) is 9.26. The molecule has 0 spiro atoms. The minimum absolute atomic E-state index is 0. The van der Waals surface area contributed by atoms with Gasteiger partial charge in [-0.15, -0.1) is 24.0 Å². The molecule has 0 bridgehead atoms. The van der Waals surface area contributed by atoms with Crippen molar-refractivity contribution in [2.45, 2.75) is 25.6 Å². The summed E-state index contributed by atoms with van der Waals surface area (Å²) in [7, 11) is 7.26. The Morgan fingerprint density at radius 1 is 1.10 bits per heavy atom. The Hall–Kier alpha value is -2.14. The molecule has 2 rings (SSSR count). The molecule has 0 heterocycles. The van der Waals surface area contributed by atoms with Crippen molar-refractivity contribution in [3.8, 4) is 11.5 Å². The zero-order valence-electron chi connectivity index (χ0n) is 18.3. The summed E-state index contributed by atoms with van der Waals surface area (Å²) in [6.45, 7) is -1.97. The molecule has 2 aromatic carbocycles. The number of guanidine groups is 1. The molecule has 1 unspecified atom stereocenters. The van der Waals surface area contributed by atoms with Crippen LogP contribution in [0.4, 0.5) is 8.78 Å². The van der Waals surface area contributed by atoms with Crippen LogP contribution < -0.4 is 20.1 Å². The van der Waals surface area contributed by atoms with Crippen molar-refractivity contribution in [3.63, 3.8) is 0 Å². The number of aliphatic imine (C=N–C) groups is 1. The molecule has 0 aliphatic carbocycles. The molecule has 172 valence electrons. The van der Waals surface area contributed by atoms with Crippen molar-refractivity contribution in [1.29, 1.82) is 0 Å². The molecule has 2 N–H and O–H groups in total. The molecule has 2 aromatic rings. The van der Waals surface area contributed by atoms with E-state index in [2.05, 4.69) is 37.4 Å². The van der Waals surface area contributed by atoms with Gasteiger partial charge in [0.05, 0.1) is 7.11 Å². The summed E-state index contributed by atoms with van der Waals surface area (Å²) in [5, 5.41) is 6.46. The third-order valence-electron chi connectivity index (χ3n) is 4.70. The lowest BCUT2D eigenvalue weighted by Gasteiger charge is -2.26. The van der Waals surface area contributed by atoms with Gasteiger partial charge in [-0.1, -0.05) is 30.3 Å². The molecule has 31 heavy (non-hydrogen) atoms. The average Bonchev–Trinajstić information content (AvgIpc) is 2.74. The van der Waals surface area contributed by atoms with Crippen LogP contribution in [-0.4, -0.2) is 58.3 Å². The molecule has 6 nitrogen and oxygen atoms in total. The van der Waals surface area contributed by atoms with Crippen LogP contribution in [0.2, 0.25) is 0 Å². The highest BCUT2D eigenvalue weighted by atomic mass is 127. The molecule has 0 saturated carbocycles. The normalized spacial score (nSPS) is 12.3. The highest BCUT2D eigenvalue weighted by Crippen LogP contribution is 2.25. The lowest BCUT2D eigenvalue weighted by molar-refractivity contribution is -0.0504. The molecule has 9 heteroatoms. The van der Waals surface area contributed by atoms with Crippen LogP contribution >= 0.6 is 24.0 Å². The van der Waals surface area contributed by atoms with Gasteiger partial charge in [0.1, 0.15) is 11.5 Å². The number of likely N-dealkylation sites (N-methyl/N-ethyl adjacent to an activating group) is 1. The van der Waals surface area contributed by atoms with Crippen molar-refractivity contribution in [2.75, 3.05) is 34.8 Å². The largest absolute Gasteiger partial charge is 0.497 e. The van der Waals surface area contributed by atoms with Gasteiger partial charge in [-0.05, 0) is 44.3 Å². The van der Waals surface area contributed by atoms with E-state index >= 15 is 0 Å². The number of ether oxygens (including phenoxy) is 2. The van der Waals surface area contributed by atoms with E-state index in [0.717, 1.165) is 6.42 Å². The Kier molecular flexibility index (Phi) is 12.2. The summed E-state index contributed by atoms with van der Waals surface area (Å²) in [6.07, 6.45) is 0.889. The molecule has 0 aliphatic rings. The van der Waals surface area contributed by atoms with Gasteiger partial charge in [-0.3, -0.25) is 4.99 Å². The summed E-state index contributed by atoms with van der Waals surface area (Å²) >= 11 is 0. The molecular weight excluding hydrogens is 517 g/mol. The van der Waals surface area contributed by atoms with Crippen LogP contribution in [0.3, 0.4) is 0 Å². The van der Waals surface area contributed by atoms with E-state index in [1.807, 2.05) is 32.3 Å². The number of alkyl halides is 2. The zero-order valence-corrected chi connectivity index (χ0v) is 20.6. The predicted octanol–water partition coefficient (Wildman–Crippen LogP) is 3.75. The second-order valence-electron chi connectivity index (χ2n) is 6.97. The Morgan fingerprint density at radius 2 is 1.81 bits per heavy atom. The zero-order chi connectivity index (χ0) is 21.9. The van der Waals surface area contributed by atoms with Gasteiger partial charge in [0, 0.05) is 31.7 Å². The van der Waals surface area contributed by atoms with Gasteiger partial charge < -0.3 is 25.0 Å². The third-order valence-corrected chi connectivity index (χ3v) is 4.70. The van der Waals surface area contributed by atoms with Crippen LogP contribution in [0.5, 0.6) is 11.5 Å². The standard InChI is InChI=1S/C22H30F2N4O2.HI/c1-25-22(27-15-18(28(2)3)12-16-8-6-5-7-9-16)26-14-17-13-19(29-4)10-11-20(17)30-21(23)24;/h5-11,13,18,21H,12,14-15H2,1-4H3,(H2,25,26,27);1H. The summed E-state index contributed by atoms with van der Waals surface area (Å²) in [4.78, 5) is 6.39. The SMILES string of the molecule is CN=C(NCc1cc(OC)ccc1OC(F)F)NCC(Cc1ccccc1)N(C)C.I. The summed E-state index contributed by atoms with van der Waals surface area (Å²) in [5.74, 6) is 1.23. The van der Waals surface area contributed by atoms with Crippen molar-refractivity contribution >= 4 is 29.9 Å². The van der Waals surface area contributed by atoms with E-state index in [-0.39, 0.29) is 42.3 Å². The Balaban J connectivity index is 0.00000480. The summed E-state index contributed by atoms with van der Waals surface area (Å²) < 4.78 is 35.2. The summed E-state index contributed by atoms with van der Waals surface area (Å²) in [5.41, 5.74) is 1.80. The lowest BCUT2D eigenvalue weighted by Crippen LogP contribution is -2.45. The highest BCUT2D eigenvalue weighted by Gasteiger charge is 2.14. The Bertz CT molecular complexity index is 807. The molecule has 0 saturated heterocycles. The number of rotatable bonds is 10. The second kappa shape index (κ2) is 14.0. The maximum absolute atomic E-state index is 12.7. The fourth-order valence-corrected chi connectivity index (χ4v) is 2.97. The van der Waals surface area contributed by atoms with Gasteiger partial charge >= 0.3 is 6.61 Å². The Labute approximate surface area is 200 Å². The molecule has 0 amide bonds. The van der Waals surface area contributed by atoms with Gasteiger partial charge in [-0.2, -0.15) is 8.78 Å². The van der Waals surface area contributed by atoms with Crippen LogP contribution in [0.1, 0.15) is 11.1 Å². The number of hydrogen-bond donors (Lipinski definition) is 2. The van der Waals surface area contributed by atoms with Gasteiger partial charge in [-0.25, -0.2) is 0 Å². The van der Waals surface area contributed by atoms with Gasteiger partial charge in [0.2, 0.25) is 0 Å². The first-order chi connectivity index (χ1) is 14.4. The topological polar surface area (TPSA) is 58.1 Å². The molecule has 0 radical (unpaired) electrons. The Morgan fingerprint density at radius 3 is 2.39 bits per heavy atom. The molecule has 1 atom stereocenters. The number of benzene rings is 2. The van der Waals surface area contributed by atoms with Crippen LogP contribution in [-0.2, 0) is 13.0 Å². The molecular formula is C22H31F2IN4O2. The number of nitrogens with one attached hydrogen (secondary N) is 2. The molecule has 0 aliphatic heterocycles. The first kappa shape index (κ1) is 26.9. The lowest BCUT2D eigenvalue weighted by atomic mass is 10.1. The number of methoxy groups -OCH3 is 1. The van der Waals surface area contributed by atoms with Crippen molar-refractivity contribution in [2.24, 2.45) is 4.99 Å². The fourth-order valence-electron chi connectivity index (χ4n) is 2.97. The van der Waals surface area contributed by atoms with E-state index in [0.29, 0.717) is 23.8 Å². The number of nitrogens with zero attached hydrogens (tertiary/aromatic N) is 2. The second-order valence-corrected chi connectivity index (χ2v) is 6.97. The van der Waals surface area contributed by atoms with Crippen molar-refractivity contribution in [3.05, 3.63) is 59.7 Å². The van der Waals surface area contributed by atoms with Gasteiger partial charge in [0.25, 0.3) is 0 Å². The number of halogens is 3. The average molecular weight is 548 g/mol. The minimum Gasteiger partial charge on any atom is -0.497 e. The number of hydrogen-bond acceptors (Lipinski definition) is 4. The maximum atomic E-state index is 12.7. The highest BCUT2D eigenvalue weighted by molar-refractivity contribution is 14.0. The van der Waals surface area contributed by atoms with Crippen molar-refractivity contribution in [1.82, 2.24) is 15.5 Å². The van der Waals surface area contributed by atoms with E-state index in [1.54, 1.807) is 19.2 Å². The van der Waals surface area contributed by atoms with Crippen molar-refractivity contribution < 1.29 is 18.3 Å². The van der Waals surface area contributed by atoms with E-state index < -0.39 is 6.61 Å². The molecule has 0 aromatic heterocycles. The van der Waals surface area contributed by atoms with E-state index in [1.165, 1.54) is 18.7 Å². The van der Waals surface area contributed by atoms with Gasteiger partial charge in [0.15, 0.2) is 5.96 Å². The van der Waals surface area contributed by atoms with Crippen LogP contribution in [0.25, 0.3) is 0 Å². The first-order valence-electron chi connectivity index (χ1n) is 9.69. The molecule has 0 fully saturated rings. The fraction of sp³-hybridized carbons (Fsp3) is 0.409. The smallest absolute Gasteiger partial charge is 0.387 e. The minimum atomic E-state index is -2.89. The predicted molar refractivity (Wildman–Crippen MR) is 131 cm³/mol. The van der Waals surface area contributed by atoms with E-state index in [4.69, 9.17) is 4.74 Å². The monoisotopic (exact) mass is 548 g/mol.